The molecule has 1 atom stereocenters. The van der Waals surface area contributed by atoms with E-state index in [1.165, 1.54) is 109 Å². The van der Waals surface area contributed by atoms with Gasteiger partial charge in [0, 0.05) is 5.41 Å². The second-order valence-electron chi connectivity index (χ2n) is 17.7. The molecule has 0 aromatic heterocycles. The minimum Gasteiger partial charge on any atom is -0.251 e. The van der Waals surface area contributed by atoms with Crippen molar-refractivity contribution in [1.29, 1.82) is 0 Å². The lowest BCUT2D eigenvalue weighted by atomic mass is 9.27. The third-order valence-electron chi connectivity index (χ3n) is 19.2. The van der Waals surface area contributed by atoms with Gasteiger partial charge in [-0.3, -0.25) is 5.26 Å². The van der Waals surface area contributed by atoms with Gasteiger partial charge in [0.15, 0.2) is 0 Å². The highest BCUT2D eigenvalue weighted by molar-refractivity contribution is 5.23. The maximum atomic E-state index is 11.2. The van der Waals surface area contributed by atoms with Crippen molar-refractivity contribution in [2.75, 3.05) is 0 Å². The maximum Gasteiger partial charge on any atom is 0.109 e. The predicted octanol–water partition coefficient (Wildman–Crippen LogP) is 18.1. The summed E-state index contributed by atoms with van der Waals surface area (Å²) in [7, 11) is 0. The monoisotopic (exact) mass is 735 g/mol. The summed E-state index contributed by atoms with van der Waals surface area (Å²) in [5.74, 6) is 0.744. The first-order chi connectivity index (χ1) is 24.8. The van der Waals surface area contributed by atoms with E-state index in [0.29, 0.717) is 0 Å². The average Bonchev–Trinajstić information content (AvgIpc) is 3.20. The molecule has 0 aliphatic heterocycles. The van der Waals surface area contributed by atoms with E-state index >= 15 is 0 Å². The molecule has 0 bridgehead atoms. The van der Waals surface area contributed by atoms with Gasteiger partial charge in [0.2, 0.25) is 0 Å². The number of hydrogen-bond acceptors (Lipinski definition) is 2. The van der Waals surface area contributed by atoms with E-state index in [0.717, 1.165) is 44.4 Å². The van der Waals surface area contributed by atoms with E-state index in [-0.39, 0.29) is 37.9 Å². The Morgan fingerprint density at radius 1 is 0.346 bits per heavy atom. The minimum atomic E-state index is -0.583. The van der Waals surface area contributed by atoms with E-state index < -0.39 is 5.60 Å². The highest BCUT2D eigenvalue weighted by Gasteiger charge is 2.75. The first-order valence-corrected chi connectivity index (χ1v) is 24.1. The Hall–Kier alpha value is -0.0800. The van der Waals surface area contributed by atoms with Gasteiger partial charge in [0.1, 0.15) is 5.60 Å². The molecule has 0 fully saturated rings. The molecule has 0 aliphatic carbocycles. The predicted molar refractivity (Wildman–Crippen MR) is 235 cm³/mol. The summed E-state index contributed by atoms with van der Waals surface area (Å²) in [6.07, 6.45) is 27.9. The zero-order valence-electron chi connectivity index (χ0n) is 39.7. The van der Waals surface area contributed by atoms with Crippen LogP contribution >= 0.6 is 0 Å². The standard InChI is InChI=1S/C50H102O2/c1-19-37-38-39-40-41-42(20-2)43(21-3,22-4)44(23-5,24-6)45(25-7,26-8)46(27-9,28-10)47(29-11,30-12)48(31-13,32-14)49(33-15,34-16)50(35-17,36-18)52-51/h42,51H,19-41H2,1-18H3. The van der Waals surface area contributed by atoms with Crippen LogP contribution < -0.4 is 0 Å². The summed E-state index contributed by atoms with van der Waals surface area (Å²) in [6, 6.07) is 0. The highest BCUT2D eigenvalue weighted by atomic mass is 17.1. The molecule has 2 heteroatoms. The largest absolute Gasteiger partial charge is 0.251 e. The van der Waals surface area contributed by atoms with Crippen molar-refractivity contribution >= 4 is 0 Å². The zero-order valence-corrected chi connectivity index (χ0v) is 39.7. The average molecular weight is 735 g/mol. The fourth-order valence-corrected chi connectivity index (χ4v) is 17.3. The van der Waals surface area contributed by atoms with Gasteiger partial charge in [0.05, 0.1) is 0 Å². The first kappa shape index (κ1) is 51.9. The molecule has 1 N–H and O–H groups in total. The molecule has 52 heavy (non-hydrogen) atoms. The number of hydrogen-bond donors (Lipinski definition) is 1. The first-order valence-electron chi connectivity index (χ1n) is 24.1. The lowest BCUT2D eigenvalue weighted by molar-refractivity contribution is -0.390. The smallest absolute Gasteiger partial charge is 0.109 e. The Bertz CT molecular complexity index is 890. The SMILES string of the molecule is CCCCCCCC(CC)C(CC)(CC)C(CC)(CC)C(CC)(CC)C(CC)(CC)C(CC)(CC)C(CC)(CC)C(CC)(CC)C(CC)(CC)OO. The van der Waals surface area contributed by atoms with Crippen LogP contribution in [0, 0.1) is 43.8 Å². The van der Waals surface area contributed by atoms with Crippen LogP contribution in [-0.4, -0.2) is 10.9 Å². The molecule has 0 aliphatic rings. The van der Waals surface area contributed by atoms with Gasteiger partial charge in [-0.05, 0) is 148 Å². The van der Waals surface area contributed by atoms with E-state index in [2.05, 4.69) is 125 Å². The fraction of sp³-hybridized carbons (Fsp3) is 1.00. The molecule has 314 valence electrons. The van der Waals surface area contributed by atoms with Gasteiger partial charge in [0.25, 0.3) is 0 Å². The summed E-state index contributed by atoms with van der Waals surface area (Å²) in [6.45, 7) is 45.6. The molecular weight excluding hydrogens is 633 g/mol. The summed E-state index contributed by atoms with van der Waals surface area (Å²) >= 11 is 0. The maximum absolute atomic E-state index is 11.2. The van der Waals surface area contributed by atoms with Crippen molar-refractivity contribution in [3.63, 3.8) is 0 Å². The quantitative estimate of drug-likeness (QED) is 0.0424. The van der Waals surface area contributed by atoms with Crippen LogP contribution in [0.2, 0.25) is 0 Å². The molecule has 0 rings (SSSR count). The van der Waals surface area contributed by atoms with Crippen LogP contribution in [-0.2, 0) is 4.89 Å². The van der Waals surface area contributed by atoms with Gasteiger partial charge in [-0.25, -0.2) is 4.89 Å². The van der Waals surface area contributed by atoms with Gasteiger partial charge < -0.3 is 0 Å². The fourth-order valence-electron chi connectivity index (χ4n) is 17.3. The molecule has 0 aromatic rings. The van der Waals surface area contributed by atoms with Crippen molar-refractivity contribution in [1.82, 2.24) is 0 Å². The molecule has 0 aromatic carbocycles. The summed E-state index contributed by atoms with van der Waals surface area (Å²) < 4.78 is 0. The zero-order chi connectivity index (χ0) is 40.5. The highest BCUT2D eigenvalue weighted by Crippen LogP contribution is 2.81. The third-order valence-corrected chi connectivity index (χ3v) is 19.2. The van der Waals surface area contributed by atoms with Gasteiger partial charge in [-0.15, -0.1) is 0 Å². The van der Waals surface area contributed by atoms with Crippen LogP contribution in [0.4, 0.5) is 0 Å². The Labute approximate surface area is 330 Å². The summed E-state index contributed by atoms with van der Waals surface area (Å²) in [5.41, 5.74) is -0.0141. The Morgan fingerprint density at radius 2 is 0.654 bits per heavy atom. The van der Waals surface area contributed by atoms with E-state index in [1.54, 1.807) is 0 Å². The Kier molecular flexibility index (Phi) is 22.6. The van der Waals surface area contributed by atoms with Gasteiger partial charge in [-0.2, -0.15) is 0 Å². The second-order valence-corrected chi connectivity index (χ2v) is 17.7. The Morgan fingerprint density at radius 3 is 0.904 bits per heavy atom. The van der Waals surface area contributed by atoms with Crippen LogP contribution in [0.25, 0.3) is 0 Å². The van der Waals surface area contributed by atoms with Crippen LogP contribution in [0.1, 0.15) is 272 Å². The minimum absolute atomic E-state index is 0.0267. The summed E-state index contributed by atoms with van der Waals surface area (Å²) in [4.78, 5) is 6.00. The van der Waals surface area contributed by atoms with E-state index in [1.807, 2.05) is 0 Å². The molecular formula is C50H102O2. The van der Waals surface area contributed by atoms with Crippen molar-refractivity contribution in [2.24, 2.45) is 43.8 Å². The molecule has 1 unspecified atom stereocenters. The molecule has 0 heterocycles. The van der Waals surface area contributed by atoms with Crippen LogP contribution in [0.15, 0.2) is 0 Å². The van der Waals surface area contributed by atoms with Crippen molar-refractivity contribution in [3.05, 3.63) is 0 Å². The molecule has 0 saturated carbocycles. The van der Waals surface area contributed by atoms with Gasteiger partial charge >= 0.3 is 0 Å². The second kappa shape index (κ2) is 22.6. The number of unbranched alkanes of at least 4 members (excludes halogenated alkanes) is 4. The normalized spacial score (nSPS) is 15.1. The molecule has 0 saturated heterocycles. The molecule has 0 spiro atoms. The van der Waals surface area contributed by atoms with Crippen LogP contribution in [0.3, 0.4) is 0 Å². The Balaban J connectivity index is 9.02. The lowest BCUT2D eigenvalue weighted by Crippen LogP contribution is -2.72. The molecule has 2 nitrogen and oxygen atoms in total. The molecule has 0 radical (unpaired) electrons. The van der Waals surface area contributed by atoms with Crippen molar-refractivity contribution in [3.8, 4) is 0 Å². The lowest BCUT2D eigenvalue weighted by Gasteiger charge is -2.77. The van der Waals surface area contributed by atoms with E-state index in [4.69, 9.17) is 4.89 Å². The third kappa shape index (κ3) is 7.19. The summed E-state index contributed by atoms with van der Waals surface area (Å²) in [5, 5.41) is 11.2. The molecule has 0 amide bonds. The van der Waals surface area contributed by atoms with E-state index in [9.17, 15) is 5.26 Å². The van der Waals surface area contributed by atoms with Crippen molar-refractivity contribution in [2.45, 2.75) is 278 Å². The van der Waals surface area contributed by atoms with Crippen molar-refractivity contribution < 1.29 is 10.1 Å². The number of rotatable bonds is 32. The van der Waals surface area contributed by atoms with Crippen LogP contribution in [0.5, 0.6) is 0 Å². The topological polar surface area (TPSA) is 29.5 Å². The van der Waals surface area contributed by atoms with Gasteiger partial charge in [-0.1, -0.05) is 163 Å².